The lowest BCUT2D eigenvalue weighted by Crippen LogP contribution is -2.00. The van der Waals surface area contributed by atoms with Crippen LogP contribution in [0, 0.1) is 0 Å². The van der Waals surface area contributed by atoms with Crippen molar-refractivity contribution in [3.63, 3.8) is 0 Å². The second-order valence-electron chi connectivity index (χ2n) is 2.74. The number of anilines is 1. The van der Waals surface area contributed by atoms with Crippen LogP contribution in [0.5, 0.6) is 17.2 Å². The fraction of sp³-hybridized carbons (Fsp3) is 0.400. The van der Waals surface area contributed by atoms with Crippen molar-refractivity contribution < 1.29 is 14.2 Å². The Hall–Kier alpha value is -1.23. The van der Waals surface area contributed by atoms with Gasteiger partial charge in [-0.25, -0.2) is 0 Å². The molecule has 0 aliphatic heterocycles. The Morgan fingerprint density at radius 2 is 1.53 bits per heavy atom. The molecule has 1 rings (SSSR count). The second-order valence-corrected chi connectivity index (χ2v) is 3.06. The van der Waals surface area contributed by atoms with Crippen molar-refractivity contribution >= 4 is 18.3 Å². The van der Waals surface area contributed by atoms with Crippen LogP contribution in [0.25, 0.3) is 0 Å². The molecule has 0 unspecified atom stereocenters. The van der Waals surface area contributed by atoms with Crippen molar-refractivity contribution in [3.05, 3.63) is 12.1 Å². The van der Waals surface area contributed by atoms with Crippen LogP contribution >= 0.6 is 12.6 Å². The van der Waals surface area contributed by atoms with Crippen molar-refractivity contribution in [1.82, 2.24) is 0 Å². The molecule has 5 heteroatoms. The van der Waals surface area contributed by atoms with Crippen LogP contribution in [0.4, 0.5) is 5.69 Å². The first kappa shape index (κ1) is 11.8. The van der Waals surface area contributed by atoms with Gasteiger partial charge < -0.3 is 19.5 Å². The van der Waals surface area contributed by atoms with Gasteiger partial charge in [-0.2, -0.15) is 12.6 Å². The lowest BCUT2D eigenvalue weighted by atomic mass is 10.2. The number of thiol groups is 1. The maximum atomic E-state index is 5.21. The number of rotatable bonds is 5. The van der Waals surface area contributed by atoms with E-state index in [9.17, 15) is 0 Å². The first-order valence-electron chi connectivity index (χ1n) is 4.41. The first-order valence-corrected chi connectivity index (χ1v) is 5.04. The Morgan fingerprint density at radius 3 is 2.00 bits per heavy atom. The van der Waals surface area contributed by atoms with Crippen LogP contribution in [0.15, 0.2) is 12.1 Å². The summed E-state index contributed by atoms with van der Waals surface area (Å²) in [5.41, 5.74) is 0.824. The van der Waals surface area contributed by atoms with E-state index in [4.69, 9.17) is 14.2 Å². The molecule has 0 saturated carbocycles. The number of hydrogen-bond donors (Lipinski definition) is 2. The Balaban J connectivity index is 3.15. The predicted octanol–water partition coefficient (Wildman–Crippen LogP) is 2.01. The molecule has 4 nitrogen and oxygen atoms in total. The molecule has 0 heterocycles. The second kappa shape index (κ2) is 5.60. The van der Waals surface area contributed by atoms with Gasteiger partial charge in [0.2, 0.25) is 0 Å². The van der Waals surface area contributed by atoms with Gasteiger partial charge in [-0.3, -0.25) is 0 Å². The maximum absolute atomic E-state index is 5.21. The summed E-state index contributed by atoms with van der Waals surface area (Å²) in [7, 11) is 4.78. The van der Waals surface area contributed by atoms with Crippen LogP contribution in [0.3, 0.4) is 0 Å². The molecule has 0 amide bonds. The molecule has 0 bridgehead atoms. The number of ether oxygens (including phenoxy) is 3. The Bertz CT molecular complexity index is 331. The SMILES string of the molecule is COc1cc(OC)c(OC)cc1NCS. The molecular formula is C10H15NO3S. The third-order valence-corrected chi connectivity index (χ3v) is 2.13. The smallest absolute Gasteiger partial charge is 0.164 e. The molecule has 0 aromatic heterocycles. The van der Waals surface area contributed by atoms with Crippen LogP contribution < -0.4 is 19.5 Å². The van der Waals surface area contributed by atoms with E-state index in [2.05, 4.69) is 17.9 Å². The maximum Gasteiger partial charge on any atom is 0.164 e. The van der Waals surface area contributed by atoms with E-state index in [-0.39, 0.29) is 0 Å². The van der Waals surface area contributed by atoms with Gasteiger partial charge in [0.05, 0.1) is 32.9 Å². The van der Waals surface area contributed by atoms with Gasteiger partial charge in [0.25, 0.3) is 0 Å². The van der Waals surface area contributed by atoms with E-state index in [0.717, 1.165) is 5.69 Å². The highest BCUT2D eigenvalue weighted by molar-refractivity contribution is 7.80. The number of benzene rings is 1. The zero-order valence-corrected chi connectivity index (χ0v) is 9.93. The molecular weight excluding hydrogens is 214 g/mol. The van der Waals surface area contributed by atoms with Crippen LogP contribution in [0.1, 0.15) is 0 Å². The van der Waals surface area contributed by atoms with E-state index in [1.165, 1.54) is 0 Å². The van der Waals surface area contributed by atoms with Gasteiger partial charge >= 0.3 is 0 Å². The van der Waals surface area contributed by atoms with E-state index >= 15 is 0 Å². The number of nitrogens with one attached hydrogen (secondary N) is 1. The number of methoxy groups -OCH3 is 3. The topological polar surface area (TPSA) is 39.7 Å². The summed E-state index contributed by atoms with van der Waals surface area (Å²) >= 11 is 4.09. The summed E-state index contributed by atoms with van der Waals surface area (Å²) in [6.07, 6.45) is 0. The van der Waals surface area contributed by atoms with Crippen molar-refractivity contribution in [2.45, 2.75) is 0 Å². The van der Waals surface area contributed by atoms with Crippen molar-refractivity contribution in [1.29, 1.82) is 0 Å². The average Bonchev–Trinajstić information content (AvgIpc) is 2.28. The van der Waals surface area contributed by atoms with E-state index < -0.39 is 0 Å². The zero-order chi connectivity index (χ0) is 11.3. The molecule has 0 spiro atoms. The molecule has 0 atom stereocenters. The van der Waals surface area contributed by atoms with Gasteiger partial charge in [0.1, 0.15) is 5.75 Å². The largest absolute Gasteiger partial charge is 0.494 e. The fourth-order valence-electron chi connectivity index (χ4n) is 1.25. The van der Waals surface area contributed by atoms with Crippen molar-refractivity contribution in [3.8, 4) is 17.2 Å². The highest BCUT2D eigenvalue weighted by Gasteiger charge is 2.10. The van der Waals surface area contributed by atoms with E-state index in [1.807, 2.05) is 6.07 Å². The normalized spacial score (nSPS) is 9.60. The highest BCUT2D eigenvalue weighted by Crippen LogP contribution is 2.37. The van der Waals surface area contributed by atoms with E-state index in [0.29, 0.717) is 23.1 Å². The molecule has 84 valence electrons. The van der Waals surface area contributed by atoms with Crippen LogP contribution in [-0.2, 0) is 0 Å². The molecule has 0 fully saturated rings. The highest BCUT2D eigenvalue weighted by atomic mass is 32.1. The fourth-order valence-corrected chi connectivity index (χ4v) is 1.42. The minimum Gasteiger partial charge on any atom is -0.494 e. The Labute approximate surface area is 94.9 Å². The van der Waals surface area contributed by atoms with E-state index in [1.54, 1.807) is 27.4 Å². The summed E-state index contributed by atoms with van der Waals surface area (Å²) in [6.45, 7) is 0. The van der Waals surface area contributed by atoms with Gasteiger partial charge in [-0.1, -0.05) is 0 Å². The molecule has 0 saturated heterocycles. The molecule has 0 aliphatic carbocycles. The molecule has 1 aromatic rings. The molecule has 15 heavy (non-hydrogen) atoms. The summed E-state index contributed by atoms with van der Waals surface area (Å²) in [5, 5.41) is 3.06. The molecule has 1 N–H and O–H groups in total. The zero-order valence-electron chi connectivity index (χ0n) is 9.03. The standard InChI is InChI=1S/C10H15NO3S/c1-12-8-5-10(14-3)9(13-2)4-7(8)11-6-15/h4-5,11,15H,6H2,1-3H3. The molecule has 0 radical (unpaired) electrons. The Morgan fingerprint density at radius 1 is 1.00 bits per heavy atom. The van der Waals surface area contributed by atoms with Crippen molar-refractivity contribution in [2.24, 2.45) is 0 Å². The lowest BCUT2D eigenvalue weighted by Gasteiger charge is -2.14. The van der Waals surface area contributed by atoms with Gasteiger partial charge in [-0.05, 0) is 0 Å². The van der Waals surface area contributed by atoms with Crippen LogP contribution in [-0.4, -0.2) is 27.2 Å². The quantitative estimate of drug-likeness (QED) is 0.598. The monoisotopic (exact) mass is 229 g/mol. The molecule has 1 aromatic carbocycles. The summed E-state index contributed by atoms with van der Waals surface area (Å²) < 4.78 is 15.5. The lowest BCUT2D eigenvalue weighted by molar-refractivity contribution is 0.349. The summed E-state index contributed by atoms with van der Waals surface area (Å²) in [6, 6.07) is 3.58. The summed E-state index contributed by atoms with van der Waals surface area (Å²) in [5.74, 6) is 2.51. The molecule has 0 aliphatic rings. The predicted molar refractivity (Wildman–Crippen MR) is 63.6 cm³/mol. The number of hydrogen-bond acceptors (Lipinski definition) is 5. The summed E-state index contributed by atoms with van der Waals surface area (Å²) in [4.78, 5) is 0. The third kappa shape index (κ3) is 2.62. The minimum absolute atomic E-state index is 0.520. The average molecular weight is 229 g/mol. The van der Waals surface area contributed by atoms with Crippen molar-refractivity contribution in [2.75, 3.05) is 32.5 Å². The van der Waals surface area contributed by atoms with Gasteiger partial charge in [0.15, 0.2) is 11.5 Å². The van der Waals surface area contributed by atoms with Gasteiger partial charge in [0, 0.05) is 12.1 Å². The Kier molecular flexibility index (Phi) is 4.42. The first-order chi connectivity index (χ1) is 7.26. The third-order valence-electron chi connectivity index (χ3n) is 1.98. The minimum atomic E-state index is 0.520. The van der Waals surface area contributed by atoms with Crippen LogP contribution in [0.2, 0.25) is 0 Å². The van der Waals surface area contributed by atoms with Gasteiger partial charge in [-0.15, -0.1) is 0 Å².